The van der Waals surface area contributed by atoms with Crippen LogP contribution in [0.25, 0.3) is 0 Å². The van der Waals surface area contributed by atoms with Crippen molar-refractivity contribution in [2.45, 2.75) is 13.8 Å². The highest BCUT2D eigenvalue weighted by atomic mass is 32.2. The minimum Gasteiger partial charge on any atom is -0.508 e. The Kier molecular flexibility index (Phi) is 4.38. The molecule has 0 aliphatic rings. The summed E-state index contributed by atoms with van der Waals surface area (Å²) < 4.78 is 31.4. The summed E-state index contributed by atoms with van der Waals surface area (Å²) in [5.74, 6) is 0.0220. The zero-order valence-corrected chi connectivity index (χ0v) is 10.7. The van der Waals surface area contributed by atoms with Gasteiger partial charge >= 0.3 is 16.3 Å². The van der Waals surface area contributed by atoms with E-state index in [-0.39, 0.29) is 18.0 Å². The summed E-state index contributed by atoms with van der Waals surface area (Å²) in [5.41, 5.74) is 0.772. The number of aromatic hydroxyl groups is 1. The number of carbonyl (C=O) groups excluding carboxylic acids is 1. The molecule has 0 spiro atoms. The number of aryl methyl sites for hydroxylation is 1. The summed E-state index contributed by atoms with van der Waals surface area (Å²) in [6.45, 7) is 3.24. The van der Waals surface area contributed by atoms with Crippen molar-refractivity contribution in [2.75, 3.05) is 11.3 Å². The predicted octanol–water partition coefficient (Wildman–Crippen LogP) is 1.10. The Labute approximate surface area is 105 Å². The van der Waals surface area contributed by atoms with Crippen LogP contribution in [0.4, 0.5) is 10.5 Å². The van der Waals surface area contributed by atoms with Crippen LogP contribution in [0.1, 0.15) is 12.5 Å². The molecule has 1 aromatic rings. The third kappa shape index (κ3) is 4.13. The van der Waals surface area contributed by atoms with Gasteiger partial charge in [0.1, 0.15) is 5.75 Å². The molecule has 0 radical (unpaired) electrons. The number of benzene rings is 1. The minimum atomic E-state index is -4.05. The summed E-state index contributed by atoms with van der Waals surface area (Å²) in [6.07, 6.45) is -1.05. The summed E-state index contributed by atoms with van der Waals surface area (Å²) in [5, 5.41) is 9.18. The highest BCUT2D eigenvalue weighted by Crippen LogP contribution is 2.20. The lowest BCUT2D eigenvalue weighted by Crippen LogP contribution is -2.35. The van der Waals surface area contributed by atoms with E-state index in [1.807, 2.05) is 0 Å². The number of phenols is 1. The molecule has 0 atom stereocenters. The summed E-state index contributed by atoms with van der Waals surface area (Å²) in [7, 11) is -4.05. The van der Waals surface area contributed by atoms with Crippen LogP contribution in [0.2, 0.25) is 0 Å². The van der Waals surface area contributed by atoms with Gasteiger partial charge in [0.2, 0.25) is 0 Å². The first-order chi connectivity index (χ1) is 8.34. The van der Waals surface area contributed by atoms with Crippen LogP contribution < -0.4 is 9.44 Å². The monoisotopic (exact) mass is 274 g/mol. The molecule has 0 aliphatic carbocycles. The van der Waals surface area contributed by atoms with Crippen molar-refractivity contribution < 1.29 is 23.1 Å². The number of ether oxygens (including phenoxy) is 1. The Morgan fingerprint density at radius 3 is 2.67 bits per heavy atom. The van der Waals surface area contributed by atoms with Crippen LogP contribution >= 0.6 is 0 Å². The van der Waals surface area contributed by atoms with E-state index in [9.17, 15) is 18.3 Å². The van der Waals surface area contributed by atoms with Gasteiger partial charge in [-0.1, -0.05) is 0 Å². The Morgan fingerprint density at radius 1 is 1.44 bits per heavy atom. The van der Waals surface area contributed by atoms with Crippen LogP contribution in [0, 0.1) is 6.92 Å². The van der Waals surface area contributed by atoms with Crippen molar-refractivity contribution in [3.05, 3.63) is 23.8 Å². The SMILES string of the molecule is CCOC(=O)NS(=O)(=O)Nc1ccc(O)cc1C. The number of phenolic OH excluding ortho intramolecular Hbond substituents is 1. The number of carbonyl (C=O) groups is 1. The summed E-state index contributed by atoms with van der Waals surface area (Å²) in [6, 6.07) is 4.10. The molecule has 0 saturated carbocycles. The molecule has 0 saturated heterocycles. The average Bonchev–Trinajstić information content (AvgIpc) is 2.21. The number of nitrogens with one attached hydrogen (secondary N) is 2. The quantitative estimate of drug-likeness (QED) is 0.713. The molecule has 0 unspecified atom stereocenters. The lowest BCUT2D eigenvalue weighted by Gasteiger charge is -2.11. The van der Waals surface area contributed by atoms with Gasteiger partial charge in [0.25, 0.3) is 0 Å². The summed E-state index contributed by atoms with van der Waals surface area (Å²) >= 11 is 0. The van der Waals surface area contributed by atoms with E-state index in [2.05, 4.69) is 9.46 Å². The van der Waals surface area contributed by atoms with E-state index in [0.717, 1.165) is 0 Å². The Hall–Kier alpha value is -1.96. The van der Waals surface area contributed by atoms with E-state index in [4.69, 9.17) is 0 Å². The maximum absolute atomic E-state index is 11.5. The van der Waals surface area contributed by atoms with Crippen molar-refractivity contribution in [1.29, 1.82) is 0 Å². The molecule has 0 fully saturated rings. The third-order valence-electron chi connectivity index (χ3n) is 1.95. The fourth-order valence-corrected chi connectivity index (χ4v) is 2.05. The lowest BCUT2D eigenvalue weighted by molar-refractivity contribution is 0.159. The Bertz CT molecular complexity index is 541. The second kappa shape index (κ2) is 5.58. The Morgan fingerprint density at radius 2 is 2.11 bits per heavy atom. The van der Waals surface area contributed by atoms with E-state index in [1.54, 1.807) is 18.6 Å². The van der Waals surface area contributed by atoms with Gasteiger partial charge in [0, 0.05) is 0 Å². The number of anilines is 1. The third-order valence-corrected chi connectivity index (χ3v) is 2.87. The molecule has 7 nitrogen and oxygen atoms in total. The normalized spacial score (nSPS) is 10.8. The fraction of sp³-hybridized carbons (Fsp3) is 0.300. The maximum atomic E-state index is 11.5. The second-order valence-electron chi connectivity index (χ2n) is 3.43. The number of hydrogen-bond donors (Lipinski definition) is 3. The first-order valence-corrected chi connectivity index (χ1v) is 6.59. The number of rotatable bonds is 4. The van der Waals surface area contributed by atoms with Gasteiger partial charge in [0.05, 0.1) is 12.3 Å². The molecule has 1 amide bonds. The second-order valence-corrected chi connectivity index (χ2v) is 4.84. The van der Waals surface area contributed by atoms with Crippen LogP contribution in [0.5, 0.6) is 5.75 Å². The van der Waals surface area contributed by atoms with Crippen LogP contribution in [0.3, 0.4) is 0 Å². The number of amides is 1. The van der Waals surface area contributed by atoms with Gasteiger partial charge in [-0.2, -0.15) is 8.42 Å². The van der Waals surface area contributed by atoms with Crippen molar-refractivity contribution in [3.63, 3.8) is 0 Å². The van der Waals surface area contributed by atoms with Crippen molar-refractivity contribution >= 4 is 22.0 Å². The highest BCUT2D eigenvalue weighted by Gasteiger charge is 2.15. The smallest absolute Gasteiger partial charge is 0.422 e. The predicted molar refractivity (Wildman–Crippen MR) is 65.5 cm³/mol. The Balaban J connectivity index is 2.79. The molecular weight excluding hydrogens is 260 g/mol. The molecular formula is C10H14N2O5S. The van der Waals surface area contributed by atoms with Gasteiger partial charge < -0.3 is 9.84 Å². The van der Waals surface area contributed by atoms with E-state index in [0.29, 0.717) is 5.56 Å². The van der Waals surface area contributed by atoms with Crippen molar-refractivity contribution in [2.24, 2.45) is 0 Å². The number of hydrogen-bond acceptors (Lipinski definition) is 5. The van der Waals surface area contributed by atoms with Gasteiger partial charge in [-0.25, -0.2) is 9.52 Å². The average molecular weight is 274 g/mol. The molecule has 0 aliphatic heterocycles. The van der Waals surface area contributed by atoms with E-state index < -0.39 is 16.3 Å². The molecule has 8 heteroatoms. The van der Waals surface area contributed by atoms with E-state index >= 15 is 0 Å². The molecule has 3 N–H and O–H groups in total. The van der Waals surface area contributed by atoms with Gasteiger partial charge in [-0.15, -0.1) is 0 Å². The topological polar surface area (TPSA) is 105 Å². The summed E-state index contributed by atoms with van der Waals surface area (Å²) in [4.78, 5) is 11.0. The van der Waals surface area contributed by atoms with Crippen LogP contribution in [-0.4, -0.2) is 26.2 Å². The molecule has 100 valence electrons. The molecule has 1 rings (SSSR count). The van der Waals surface area contributed by atoms with Crippen LogP contribution in [0.15, 0.2) is 18.2 Å². The lowest BCUT2D eigenvalue weighted by atomic mass is 10.2. The first-order valence-electron chi connectivity index (χ1n) is 5.11. The highest BCUT2D eigenvalue weighted by molar-refractivity contribution is 7.91. The standard InChI is InChI=1S/C10H14N2O5S/c1-3-17-10(14)12-18(15,16)11-9-5-4-8(13)6-7(9)2/h4-6,11,13H,3H2,1-2H3,(H,12,14). The van der Waals surface area contributed by atoms with Crippen molar-refractivity contribution in [1.82, 2.24) is 4.72 Å². The molecule has 0 aromatic heterocycles. The minimum absolute atomic E-state index is 0.0220. The molecule has 18 heavy (non-hydrogen) atoms. The van der Waals surface area contributed by atoms with Gasteiger partial charge in [0.15, 0.2) is 0 Å². The maximum Gasteiger partial charge on any atom is 0.422 e. The molecule has 1 aromatic carbocycles. The zero-order valence-electron chi connectivity index (χ0n) is 9.93. The molecule has 0 heterocycles. The van der Waals surface area contributed by atoms with Gasteiger partial charge in [-0.05, 0) is 37.6 Å². The van der Waals surface area contributed by atoms with E-state index in [1.165, 1.54) is 18.2 Å². The van der Waals surface area contributed by atoms with Crippen LogP contribution in [-0.2, 0) is 14.9 Å². The van der Waals surface area contributed by atoms with Gasteiger partial charge in [-0.3, -0.25) is 4.72 Å². The zero-order chi connectivity index (χ0) is 13.8. The molecule has 0 bridgehead atoms. The van der Waals surface area contributed by atoms with Crippen molar-refractivity contribution in [3.8, 4) is 5.75 Å². The largest absolute Gasteiger partial charge is 0.508 e. The first kappa shape index (κ1) is 14.1. The fourth-order valence-electron chi connectivity index (χ4n) is 1.20.